The molecule has 0 atom stereocenters. The Balaban J connectivity index is 2.07. The van der Waals surface area contributed by atoms with Crippen LogP contribution in [0.2, 0.25) is 0 Å². The van der Waals surface area contributed by atoms with Crippen molar-refractivity contribution in [2.75, 3.05) is 13.7 Å². The van der Waals surface area contributed by atoms with Crippen LogP contribution in [0.5, 0.6) is 0 Å². The number of ether oxygens (including phenoxy) is 1. The highest BCUT2D eigenvalue weighted by Crippen LogP contribution is 2.21. The van der Waals surface area contributed by atoms with Crippen molar-refractivity contribution in [3.63, 3.8) is 0 Å². The number of aromatic nitrogens is 3. The zero-order valence-corrected chi connectivity index (χ0v) is 10.8. The van der Waals surface area contributed by atoms with Crippen LogP contribution in [0.3, 0.4) is 0 Å². The van der Waals surface area contributed by atoms with Crippen LogP contribution < -0.4 is 0 Å². The molecule has 0 amide bonds. The first-order chi connectivity index (χ1) is 8.33. The van der Waals surface area contributed by atoms with E-state index in [1.807, 2.05) is 5.38 Å². The van der Waals surface area contributed by atoms with Gasteiger partial charge in [-0.15, -0.1) is 11.3 Å². The molecule has 2 rings (SSSR count). The molecule has 0 aliphatic heterocycles. The number of thiazole rings is 1. The van der Waals surface area contributed by atoms with E-state index in [1.165, 1.54) is 0 Å². The molecule has 0 aliphatic rings. The van der Waals surface area contributed by atoms with E-state index in [0.29, 0.717) is 24.7 Å². The van der Waals surface area contributed by atoms with Gasteiger partial charge in [0, 0.05) is 18.9 Å². The summed E-state index contributed by atoms with van der Waals surface area (Å²) in [6, 6.07) is 0. The van der Waals surface area contributed by atoms with E-state index in [0.717, 1.165) is 23.5 Å². The van der Waals surface area contributed by atoms with Gasteiger partial charge in [-0.1, -0.05) is 12.1 Å². The molecule has 5 nitrogen and oxygen atoms in total. The molecule has 92 valence electrons. The molecule has 2 aromatic rings. The summed E-state index contributed by atoms with van der Waals surface area (Å²) in [4.78, 5) is 8.73. The van der Waals surface area contributed by atoms with Crippen LogP contribution in [0.25, 0.3) is 11.6 Å². The Morgan fingerprint density at radius 3 is 3.00 bits per heavy atom. The topological polar surface area (TPSA) is 61.0 Å². The summed E-state index contributed by atoms with van der Waals surface area (Å²) in [5, 5.41) is 6.95. The second-order valence-electron chi connectivity index (χ2n) is 3.64. The van der Waals surface area contributed by atoms with Crippen LogP contribution in [0.15, 0.2) is 9.90 Å². The number of methoxy groups -OCH3 is 1. The lowest BCUT2D eigenvalue weighted by Crippen LogP contribution is -1.96. The number of hydrogen-bond acceptors (Lipinski definition) is 6. The monoisotopic (exact) mass is 253 g/mol. The number of hydrogen-bond donors (Lipinski definition) is 0. The summed E-state index contributed by atoms with van der Waals surface area (Å²) >= 11 is 1.63. The van der Waals surface area contributed by atoms with E-state index in [9.17, 15) is 0 Å². The molecule has 0 unspecified atom stereocenters. The molecule has 0 aliphatic carbocycles. The lowest BCUT2D eigenvalue weighted by Gasteiger charge is -1.90. The van der Waals surface area contributed by atoms with Crippen molar-refractivity contribution >= 4 is 11.3 Å². The van der Waals surface area contributed by atoms with Gasteiger partial charge < -0.3 is 9.26 Å². The zero-order chi connectivity index (χ0) is 12.1. The smallest absolute Gasteiger partial charge is 0.277 e. The highest BCUT2D eigenvalue weighted by Gasteiger charge is 2.12. The molecule has 0 aromatic carbocycles. The lowest BCUT2D eigenvalue weighted by molar-refractivity contribution is 0.199. The number of aryl methyl sites for hydroxylation is 1. The van der Waals surface area contributed by atoms with Crippen LogP contribution >= 0.6 is 11.3 Å². The van der Waals surface area contributed by atoms with Crippen LogP contribution in [-0.2, 0) is 17.6 Å². The van der Waals surface area contributed by atoms with Gasteiger partial charge in [0.2, 0.25) is 0 Å². The molecule has 17 heavy (non-hydrogen) atoms. The third-order valence-electron chi connectivity index (χ3n) is 2.23. The van der Waals surface area contributed by atoms with Gasteiger partial charge in [0.1, 0.15) is 5.69 Å². The number of nitrogens with zero attached hydrogens (tertiary/aromatic N) is 3. The second kappa shape index (κ2) is 5.88. The fourth-order valence-corrected chi connectivity index (χ4v) is 2.26. The van der Waals surface area contributed by atoms with Crippen LogP contribution in [0, 0.1) is 0 Å². The average molecular weight is 253 g/mol. The first kappa shape index (κ1) is 12.2. The Bertz CT molecular complexity index is 467. The summed E-state index contributed by atoms with van der Waals surface area (Å²) in [5.74, 6) is 1.15. The van der Waals surface area contributed by atoms with Crippen molar-refractivity contribution in [3.8, 4) is 11.6 Å². The minimum atomic E-state index is 0.495. The normalized spacial score (nSPS) is 10.9. The summed E-state index contributed by atoms with van der Waals surface area (Å²) in [7, 11) is 1.65. The molecule has 0 N–H and O–H groups in total. The van der Waals surface area contributed by atoms with E-state index in [1.54, 1.807) is 18.4 Å². The van der Waals surface area contributed by atoms with Gasteiger partial charge in [0.25, 0.3) is 5.89 Å². The molecule has 2 aromatic heterocycles. The molecular formula is C11H15N3O2S. The summed E-state index contributed by atoms with van der Waals surface area (Å²) in [6.45, 7) is 2.73. The van der Waals surface area contributed by atoms with Crippen molar-refractivity contribution in [2.24, 2.45) is 0 Å². The van der Waals surface area contributed by atoms with Gasteiger partial charge >= 0.3 is 0 Å². The Hall–Kier alpha value is -1.27. The van der Waals surface area contributed by atoms with Crippen molar-refractivity contribution < 1.29 is 9.26 Å². The average Bonchev–Trinajstić information content (AvgIpc) is 2.95. The first-order valence-electron chi connectivity index (χ1n) is 5.59. The van der Waals surface area contributed by atoms with E-state index in [2.05, 4.69) is 22.0 Å². The summed E-state index contributed by atoms with van der Waals surface area (Å²) in [5.41, 5.74) is 0.773. The number of rotatable bonds is 6. The third-order valence-corrected chi connectivity index (χ3v) is 3.14. The van der Waals surface area contributed by atoms with Crippen molar-refractivity contribution in [1.82, 2.24) is 15.1 Å². The Kier molecular flexibility index (Phi) is 4.22. The van der Waals surface area contributed by atoms with Crippen molar-refractivity contribution in [2.45, 2.75) is 26.2 Å². The molecule has 2 heterocycles. The minimum absolute atomic E-state index is 0.495. The highest BCUT2D eigenvalue weighted by atomic mass is 32.1. The molecular weight excluding hydrogens is 238 g/mol. The second-order valence-corrected chi connectivity index (χ2v) is 4.58. The fourth-order valence-electron chi connectivity index (χ4n) is 1.39. The van der Waals surface area contributed by atoms with Crippen molar-refractivity contribution in [1.29, 1.82) is 0 Å². The maximum atomic E-state index is 5.17. The molecule has 0 bridgehead atoms. The van der Waals surface area contributed by atoms with Crippen LogP contribution in [-0.4, -0.2) is 28.8 Å². The predicted molar refractivity (Wildman–Crippen MR) is 65.0 cm³/mol. The van der Waals surface area contributed by atoms with E-state index in [-0.39, 0.29) is 0 Å². The fraction of sp³-hybridized carbons (Fsp3) is 0.545. The maximum absolute atomic E-state index is 5.17. The Morgan fingerprint density at radius 2 is 2.24 bits per heavy atom. The van der Waals surface area contributed by atoms with Crippen LogP contribution in [0.1, 0.15) is 24.2 Å². The van der Waals surface area contributed by atoms with E-state index in [4.69, 9.17) is 9.26 Å². The van der Waals surface area contributed by atoms with Gasteiger partial charge in [0.15, 0.2) is 5.82 Å². The van der Waals surface area contributed by atoms with Crippen LogP contribution in [0.4, 0.5) is 0 Å². The largest absolute Gasteiger partial charge is 0.384 e. The summed E-state index contributed by atoms with van der Waals surface area (Å²) in [6.07, 6.45) is 2.75. The van der Waals surface area contributed by atoms with Crippen molar-refractivity contribution in [3.05, 3.63) is 16.2 Å². The zero-order valence-electron chi connectivity index (χ0n) is 9.97. The molecule has 0 spiro atoms. The summed E-state index contributed by atoms with van der Waals surface area (Å²) < 4.78 is 10.1. The quantitative estimate of drug-likeness (QED) is 0.790. The van der Waals surface area contributed by atoms with Gasteiger partial charge in [-0.2, -0.15) is 4.98 Å². The molecule has 0 saturated carbocycles. The lowest BCUT2D eigenvalue weighted by atomic mass is 10.3. The minimum Gasteiger partial charge on any atom is -0.384 e. The standard InChI is InChI=1S/C11H15N3O2S/c1-3-4-10-12-8(7-17-10)11-13-9(14-16-11)5-6-15-2/h7H,3-6H2,1-2H3. The van der Waals surface area contributed by atoms with Gasteiger partial charge in [0.05, 0.1) is 11.6 Å². The molecule has 0 fully saturated rings. The molecule has 0 radical (unpaired) electrons. The van der Waals surface area contributed by atoms with E-state index >= 15 is 0 Å². The van der Waals surface area contributed by atoms with Gasteiger partial charge in [-0.3, -0.25) is 0 Å². The third kappa shape index (κ3) is 3.10. The Labute approximate surface area is 104 Å². The predicted octanol–water partition coefficient (Wildman–Crippen LogP) is 2.33. The highest BCUT2D eigenvalue weighted by molar-refractivity contribution is 7.09. The molecule has 6 heteroatoms. The van der Waals surface area contributed by atoms with Gasteiger partial charge in [-0.05, 0) is 12.8 Å². The SMILES string of the molecule is CCCc1nc(-c2nc(CCOC)no2)cs1. The Morgan fingerprint density at radius 1 is 1.35 bits per heavy atom. The van der Waals surface area contributed by atoms with Gasteiger partial charge in [-0.25, -0.2) is 4.98 Å². The van der Waals surface area contributed by atoms with E-state index < -0.39 is 0 Å². The molecule has 0 saturated heterocycles. The first-order valence-corrected chi connectivity index (χ1v) is 6.47. The maximum Gasteiger partial charge on any atom is 0.277 e.